The molecule has 4 nitrogen and oxygen atoms in total. The lowest BCUT2D eigenvalue weighted by molar-refractivity contribution is 0.0561. The first-order valence-electron chi connectivity index (χ1n) is 6.43. The quantitative estimate of drug-likeness (QED) is 0.848. The van der Waals surface area contributed by atoms with Gasteiger partial charge in [-0.2, -0.15) is 13.9 Å². The molecular formula is C14H17F2N3O. The maximum Gasteiger partial charge on any atom is 0.333 e. The summed E-state index contributed by atoms with van der Waals surface area (Å²) in [6.45, 7) is 1.09. The molecule has 0 saturated carbocycles. The molecule has 0 atom stereocenters. The van der Waals surface area contributed by atoms with Crippen molar-refractivity contribution < 1.29 is 13.5 Å². The predicted molar refractivity (Wildman–Crippen MR) is 71.6 cm³/mol. The van der Waals surface area contributed by atoms with E-state index in [4.69, 9.17) is 4.74 Å². The van der Waals surface area contributed by atoms with Crippen LogP contribution in [0.5, 0.6) is 5.75 Å². The highest BCUT2D eigenvalue weighted by Crippen LogP contribution is 2.12. The summed E-state index contributed by atoms with van der Waals surface area (Å²) in [5, 5.41) is 6.92. The molecule has 1 aromatic heterocycles. The zero-order chi connectivity index (χ0) is 14.4. The number of halogens is 2. The van der Waals surface area contributed by atoms with E-state index in [1.165, 1.54) is 6.20 Å². The van der Waals surface area contributed by atoms with Crippen molar-refractivity contribution in [2.75, 3.05) is 6.61 Å². The molecule has 20 heavy (non-hydrogen) atoms. The van der Waals surface area contributed by atoms with Crippen LogP contribution in [0, 0.1) is 0 Å². The van der Waals surface area contributed by atoms with Crippen LogP contribution in [-0.2, 0) is 13.1 Å². The molecule has 0 spiro atoms. The average Bonchev–Trinajstić information content (AvgIpc) is 2.90. The Morgan fingerprint density at radius 2 is 1.95 bits per heavy atom. The molecular weight excluding hydrogens is 264 g/mol. The van der Waals surface area contributed by atoms with Crippen LogP contribution in [0.3, 0.4) is 0 Å². The fourth-order valence-corrected chi connectivity index (χ4v) is 1.79. The van der Waals surface area contributed by atoms with Gasteiger partial charge in [-0.3, -0.25) is 0 Å². The molecule has 108 valence electrons. The van der Waals surface area contributed by atoms with Gasteiger partial charge in [-0.05, 0) is 30.7 Å². The summed E-state index contributed by atoms with van der Waals surface area (Å²) in [5.74, 6) is 0.840. The van der Waals surface area contributed by atoms with Gasteiger partial charge in [0.1, 0.15) is 5.75 Å². The zero-order valence-corrected chi connectivity index (χ0v) is 11.2. The lowest BCUT2D eigenvalue weighted by Crippen LogP contribution is -2.13. The van der Waals surface area contributed by atoms with E-state index >= 15 is 0 Å². The molecule has 0 saturated heterocycles. The number of benzene rings is 1. The number of hydrogen-bond donors (Lipinski definition) is 1. The van der Waals surface area contributed by atoms with Crippen molar-refractivity contribution in [3.8, 4) is 5.75 Å². The van der Waals surface area contributed by atoms with Gasteiger partial charge in [-0.25, -0.2) is 4.68 Å². The van der Waals surface area contributed by atoms with Gasteiger partial charge in [0, 0.05) is 19.3 Å². The SMILES string of the molecule is CCOc1ccc(CNCc2ccn(C(F)F)n2)cc1. The highest BCUT2D eigenvalue weighted by molar-refractivity contribution is 5.27. The van der Waals surface area contributed by atoms with Crippen LogP contribution < -0.4 is 10.1 Å². The fourth-order valence-electron chi connectivity index (χ4n) is 1.79. The highest BCUT2D eigenvalue weighted by Gasteiger charge is 2.06. The summed E-state index contributed by atoms with van der Waals surface area (Å²) in [7, 11) is 0. The minimum atomic E-state index is -2.59. The largest absolute Gasteiger partial charge is 0.494 e. The molecule has 0 aliphatic carbocycles. The minimum absolute atomic E-state index is 0.451. The van der Waals surface area contributed by atoms with E-state index < -0.39 is 6.55 Å². The second kappa shape index (κ2) is 7.00. The topological polar surface area (TPSA) is 39.1 Å². The van der Waals surface area contributed by atoms with Crippen molar-refractivity contribution in [2.45, 2.75) is 26.6 Å². The summed E-state index contributed by atoms with van der Waals surface area (Å²) in [6, 6.07) is 9.33. The van der Waals surface area contributed by atoms with Crippen molar-refractivity contribution in [3.05, 3.63) is 47.8 Å². The molecule has 6 heteroatoms. The van der Waals surface area contributed by atoms with Gasteiger partial charge in [0.2, 0.25) is 0 Å². The molecule has 0 amide bonds. The number of nitrogens with one attached hydrogen (secondary N) is 1. The summed E-state index contributed by atoms with van der Waals surface area (Å²) in [5.41, 5.74) is 1.69. The number of nitrogens with zero attached hydrogens (tertiary/aromatic N) is 2. The Morgan fingerprint density at radius 3 is 2.55 bits per heavy atom. The minimum Gasteiger partial charge on any atom is -0.494 e. The van der Waals surface area contributed by atoms with E-state index in [-0.39, 0.29) is 0 Å². The van der Waals surface area contributed by atoms with Crippen LogP contribution in [0.1, 0.15) is 24.7 Å². The van der Waals surface area contributed by atoms with Crippen molar-refractivity contribution in [3.63, 3.8) is 0 Å². The molecule has 0 bridgehead atoms. The first kappa shape index (κ1) is 14.5. The highest BCUT2D eigenvalue weighted by atomic mass is 19.3. The Balaban J connectivity index is 1.79. The van der Waals surface area contributed by atoms with Crippen molar-refractivity contribution >= 4 is 0 Å². The number of alkyl halides is 2. The van der Waals surface area contributed by atoms with Gasteiger partial charge in [0.25, 0.3) is 0 Å². The Bertz CT molecular complexity index is 525. The van der Waals surface area contributed by atoms with Gasteiger partial charge in [-0.15, -0.1) is 0 Å². The molecule has 0 unspecified atom stereocenters. The van der Waals surface area contributed by atoms with E-state index in [0.29, 0.717) is 30.1 Å². The van der Waals surface area contributed by atoms with Gasteiger partial charge in [-0.1, -0.05) is 12.1 Å². The van der Waals surface area contributed by atoms with E-state index in [2.05, 4.69) is 10.4 Å². The Labute approximate surface area is 116 Å². The first-order valence-corrected chi connectivity index (χ1v) is 6.43. The first-order chi connectivity index (χ1) is 9.69. The van der Waals surface area contributed by atoms with Crippen molar-refractivity contribution in [1.82, 2.24) is 15.1 Å². The molecule has 1 aromatic carbocycles. The van der Waals surface area contributed by atoms with E-state index in [0.717, 1.165) is 11.3 Å². The van der Waals surface area contributed by atoms with Crippen LogP contribution in [0.25, 0.3) is 0 Å². The summed E-state index contributed by atoms with van der Waals surface area (Å²) >= 11 is 0. The van der Waals surface area contributed by atoms with Crippen LogP contribution in [0.4, 0.5) is 8.78 Å². The fraction of sp³-hybridized carbons (Fsp3) is 0.357. The smallest absolute Gasteiger partial charge is 0.333 e. The van der Waals surface area contributed by atoms with Crippen LogP contribution in [0.15, 0.2) is 36.5 Å². The third-order valence-corrected chi connectivity index (χ3v) is 2.73. The Morgan fingerprint density at radius 1 is 1.20 bits per heavy atom. The van der Waals surface area contributed by atoms with E-state index in [1.54, 1.807) is 6.07 Å². The molecule has 1 N–H and O–H groups in total. The van der Waals surface area contributed by atoms with Crippen molar-refractivity contribution in [1.29, 1.82) is 0 Å². The van der Waals surface area contributed by atoms with Gasteiger partial charge < -0.3 is 10.1 Å². The zero-order valence-electron chi connectivity index (χ0n) is 11.2. The second-order valence-corrected chi connectivity index (χ2v) is 4.25. The maximum absolute atomic E-state index is 12.3. The summed E-state index contributed by atoms with van der Waals surface area (Å²) in [4.78, 5) is 0. The normalized spacial score (nSPS) is 11.0. The predicted octanol–water partition coefficient (Wildman–Crippen LogP) is 2.97. The molecule has 2 rings (SSSR count). The second-order valence-electron chi connectivity index (χ2n) is 4.25. The summed E-state index contributed by atoms with van der Waals surface area (Å²) < 4.78 is 30.7. The molecule has 0 fully saturated rings. The third-order valence-electron chi connectivity index (χ3n) is 2.73. The monoisotopic (exact) mass is 281 g/mol. The van der Waals surface area contributed by atoms with E-state index in [1.807, 2.05) is 31.2 Å². The lowest BCUT2D eigenvalue weighted by Gasteiger charge is -2.06. The van der Waals surface area contributed by atoms with E-state index in [9.17, 15) is 8.78 Å². The van der Waals surface area contributed by atoms with Gasteiger partial charge in [0.15, 0.2) is 0 Å². The van der Waals surface area contributed by atoms with Gasteiger partial charge >= 0.3 is 6.55 Å². The lowest BCUT2D eigenvalue weighted by atomic mass is 10.2. The number of ether oxygens (including phenoxy) is 1. The van der Waals surface area contributed by atoms with Crippen LogP contribution in [0.2, 0.25) is 0 Å². The van der Waals surface area contributed by atoms with Gasteiger partial charge in [0.05, 0.1) is 12.3 Å². The third kappa shape index (κ3) is 4.03. The number of rotatable bonds is 7. The summed E-state index contributed by atoms with van der Waals surface area (Å²) in [6.07, 6.45) is 1.28. The Hall–Kier alpha value is -1.95. The molecule has 1 heterocycles. The van der Waals surface area contributed by atoms with Crippen LogP contribution >= 0.6 is 0 Å². The molecule has 0 radical (unpaired) electrons. The Kier molecular flexibility index (Phi) is 5.06. The number of aromatic nitrogens is 2. The maximum atomic E-state index is 12.3. The number of hydrogen-bond acceptors (Lipinski definition) is 3. The molecule has 0 aliphatic heterocycles. The standard InChI is InChI=1S/C14H17F2N3O/c1-2-20-13-5-3-11(4-6-13)9-17-10-12-7-8-19(18-12)14(15)16/h3-8,14,17H,2,9-10H2,1H3. The molecule has 2 aromatic rings. The molecule has 0 aliphatic rings. The van der Waals surface area contributed by atoms with Crippen molar-refractivity contribution in [2.24, 2.45) is 0 Å². The average molecular weight is 281 g/mol. The van der Waals surface area contributed by atoms with Crippen LogP contribution in [-0.4, -0.2) is 16.4 Å².